The minimum Gasteiger partial charge on any atom is -0.469 e. The van der Waals surface area contributed by atoms with Gasteiger partial charge in [-0.1, -0.05) is 70.2 Å². The number of carbonyl (C=O) groups excluding carboxylic acids is 2. The number of anilines is 1. The third kappa shape index (κ3) is 4.38. The predicted molar refractivity (Wildman–Crippen MR) is 196 cm³/mol. The lowest BCUT2D eigenvalue weighted by molar-refractivity contribution is -0.137. The molecule has 7 heterocycles. The van der Waals surface area contributed by atoms with Crippen LogP contribution in [0.4, 0.5) is 5.69 Å². The Hall–Kier alpha value is -5.88. The SMILES string of the molecule is CO[C@H](C(=O)N[C@H]1Cc2ccc3c(c2)[C@]24c5cccc(c5NC2O3)-c2cccc3[nH]cc(c23)-c2cnc(o2)-c2nc(oc24)[C@H](C(C)C)NC1=O)C(C)C. The molecule has 3 aromatic heterocycles. The van der Waals surface area contributed by atoms with Gasteiger partial charge in [0.2, 0.25) is 23.6 Å². The van der Waals surface area contributed by atoms with E-state index in [4.69, 9.17) is 28.3 Å². The highest BCUT2D eigenvalue weighted by atomic mass is 16.5. The molecule has 4 N–H and O–H groups in total. The van der Waals surface area contributed by atoms with Gasteiger partial charge >= 0.3 is 0 Å². The van der Waals surface area contributed by atoms with Crippen molar-refractivity contribution in [3.63, 3.8) is 0 Å². The molecule has 12 nitrogen and oxygen atoms in total. The van der Waals surface area contributed by atoms with Gasteiger partial charge in [0.25, 0.3) is 0 Å². The van der Waals surface area contributed by atoms with Crippen LogP contribution in [0.1, 0.15) is 62.1 Å². The number of carbonyl (C=O) groups is 2. The Labute approximate surface area is 304 Å². The molecular weight excluding hydrogens is 672 g/mol. The summed E-state index contributed by atoms with van der Waals surface area (Å²) in [4.78, 5) is 41.2. The van der Waals surface area contributed by atoms with Gasteiger partial charge in [-0.15, -0.1) is 0 Å². The maximum atomic E-state index is 14.3. The van der Waals surface area contributed by atoms with Crippen molar-refractivity contribution in [2.24, 2.45) is 11.8 Å². The zero-order chi connectivity index (χ0) is 36.3. The number of fused-ring (bicyclic) bond motifs is 7. The van der Waals surface area contributed by atoms with Gasteiger partial charge < -0.3 is 39.2 Å². The van der Waals surface area contributed by atoms with Crippen LogP contribution in [0.5, 0.6) is 5.75 Å². The Morgan fingerprint density at radius 2 is 1.83 bits per heavy atom. The quantitative estimate of drug-likeness (QED) is 0.158. The van der Waals surface area contributed by atoms with Crippen LogP contribution in [0.25, 0.3) is 44.9 Å². The molecule has 1 unspecified atom stereocenters. The number of nitrogens with zero attached hydrogens (tertiary/aromatic N) is 2. The molecule has 5 atom stereocenters. The van der Waals surface area contributed by atoms with Crippen LogP contribution in [0.2, 0.25) is 0 Å². The Morgan fingerprint density at radius 3 is 2.64 bits per heavy atom. The van der Waals surface area contributed by atoms with E-state index in [-0.39, 0.29) is 36.0 Å². The summed E-state index contributed by atoms with van der Waals surface area (Å²) in [5.41, 5.74) is 6.80. The van der Waals surface area contributed by atoms with Crippen molar-refractivity contribution in [1.29, 1.82) is 0 Å². The number of hydrogen-bond acceptors (Lipinski definition) is 9. The van der Waals surface area contributed by atoms with Gasteiger partial charge in [0.05, 0.1) is 6.20 Å². The van der Waals surface area contributed by atoms with E-state index in [2.05, 4.69) is 57.3 Å². The second kappa shape index (κ2) is 11.3. The number of amides is 2. The Bertz CT molecular complexity index is 2490. The van der Waals surface area contributed by atoms with Gasteiger partial charge in [-0.05, 0) is 35.1 Å². The van der Waals surface area contributed by atoms with E-state index in [1.807, 2.05) is 52.1 Å². The summed E-state index contributed by atoms with van der Waals surface area (Å²) in [6.45, 7) is 7.80. The first-order valence-corrected chi connectivity index (χ1v) is 18.1. The van der Waals surface area contributed by atoms with Crippen LogP contribution in [-0.4, -0.2) is 52.2 Å². The van der Waals surface area contributed by atoms with Crippen molar-refractivity contribution in [1.82, 2.24) is 25.6 Å². The monoisotopic (exact) mass is 710 g/mol. The van der Waals surface area contributed by atoms with E-state index < -0.39 is 29.8 Å². The third-order valence-electron chi connectivity index (χ3n) is 11.3. The average molecular weight is 711 g/mol. The van der Waals surface area contributed by atoms with Gasteiger partial charge in [0.1, 0.15) is 29.4 Å². The standard InChI is InChI=1S/C41H38N6O6/c1-18(2)31-39-46-33-35(53-39)41-24-10-6-9-22(21-8-7-11-26-30(21)23(16-42-26)29-17-43-38(33)51-29)32(24)47-40(41)52-28-13-12-20(14-25(28)41)15-27(36(48)45-31)44-37(49)34(50-5)19(3)4/h6-14,16-19,27,31,34,40,42,47H,15H2,1-5H3,(H,44,49)(H,45,48)/t27-,31-,34-,40?,41-/m0/s1. The van der Waals surface area contributed by atoms with Crippen molar-refractivity contribution in [2.45, 2.75) is 63.9 Å². The zero-order valence-corrected chi connectivity index (χ0v) is 29.9. The first-order chi connectivity index (χ1) is 25.7. The summed E-state index contributed by atoms with van der Waals surface area (Å²) in [6.07, 6.45) is 2.54. The first-order valence-electron chi connectivity index (χ1n) is 18.1. The van der Waals surface area contributed by atoms with E-state index in [0.717, 1.165) is 50.0 Å². The second-order valence-corrected chi connectivity index (χ2v) is 15.1. The summed E-state index contributed by atoms with van der Waals surface area (Å²) >= 11 is 0. The highest BCUT2D eigenvalue weighted by Crippen LogP contribution is 2.61. The molecule has 0 saturated carbocycles. The number of ether oxygens (including phenoxy) is 2. The van der Waals surface area contributed by atoms with Crippen LogP contribution in [0.3, 0.4) is 0 Å². The van der Waals surface area contributed by atoms with Crippen LogP contribution in [0, 0.1) is 11.8 Å². The maximum absolute atomic E-state index is 14.3. The fraction of sp³-hybridized carbons (Fsp3) is 0.317. The van der Waals surface area contributed by atoms with E-state index in [1.54, 1.807) is 6.20 Å². The number of H-pyrrole nitrogens is 1. The number of oxazole rings is 2. The molecule has 268 valence electrons. The number of aromatic amines is 1. The fourth-order valence-electron chi connectivity index (χ4n) is 8.79. The minimum atomic E-state index is -1.04. The maximum Gasteiger partial charge on any atom is 0.250 e. The van der Waals surface area contributed by atoms with Crippen LogP contribution >= 0.6 is 0 Å². The molecular formula is C41H38N6O6. The fourth-order valence-corrected chi connectivity index (χ4v) is 8.79. The molecule has 2 amide bonds. The largest absolute Gasteiger partial charge is 0.469 e. The predicted octanol–water partition coefficient (Wildman–Crippen LogP) is 6.46. The lowest BCUT2D eigenvalue weighted by Crippen LogP contribution is -2.53. The van der Waals surface area contributed by atoms with Crippen LogP contribution in [0.15, 0.2) is 75.8 Å². The third-order valence-corrected chi connectivity index (χ3v) is 11.3. The summed E-state index contributed by atoms with van der Waals surface area (Å²) < 4.78 is 26.0. The van der Waals surface area contributed by atoms with E-state index >= 15 is 0 Å². The van der Waals surface area contributed by atoms with E-state index in [1.165, 1.54) is 7.11 Å². The van der Waals surface area contributed by atoms with E-state index in [9.17, 15) is 9.59 Å². The molecule has 12 heteroatoms. The molecule has 4 aliphatic rings. The number of aromatic nitrogens is 3. The van der Waals surface area contributed by atoms with Crippen molar-refractivity contribution in [3.05, 3.63) is 95.3 Å². The Kier molecular flexibility index (Phi) is 6.79. The van der Waals surface area contributed by atoms with Crippen molar-refractivity contribution in [3.8, 4) is 39.8 Å². The number of rotatable bonds is 5. The van der Waals surface area contributed by atoms with Crippen LogP contribution in [-0.2, 0) is 26.2 Å². The summed E-state index contributed by atoms with van der Waals surface area (Å²) in [5.74, 6) is 1.37. The smallest absolute Gasteiger partial charge is 0.250 e. The molecule has 53 heavy (non-hydrogen) atoms. The van der Waals surface area contributed by atoms with Gasteiger partial charge in [-0.2, -0.15) is 0 Å². The van der Waals surface area contributed by atoms with Crippen molar-refractivity contribution < 1.29 is 27.9 Å². The lowest BCUT2D eigenvalue weighted by atomic mass is 9.72. The number of methoxy groups -OCH3 is 1. The topological polar surface area (TPSA) is 157 Å². The van der Waals surface area contributed by atoms with Crippen molar-refractivity contribution >= 4 is 28.4 Å². The number of para-hydroxylation sites is 1. The highest BCUT2D eigenvalue weighted by Gasteiger charge is 2.61. The van der Waals surface area contributed by atoms with Crippen LogP contribution < -0.4 is 20.7 Å². The Balaban J connectivity index is 1.26. The van der Waals surface area contributed by atoms with E-state index in [0.29, 0.717) is 28.9 Å². The molecule has 10 bridgehead atoms. The number of nitrogens with one attached hydrogen (secondary N) is 4. The lowest BCUT2D eigenvalue weighted by Gasteiger charge is -2.29. The van der Waals surface area contributed by atoms with Crippen molar-refractivity contribution in [2.75, 3.05) is 12.4 Å². The minimum absolute atomic E-state index is 0.0993. The molecule has 1 spiro atoms. The first kappa shape index (κ1) is 31.8. The summed E-state index contributed by atoms with van der Waals surface area (Å²) in [7, 11) is 1.50. The molecule has 6 aromatic rings. The number of benzene rings is 3. The normalized spacial score (nSPS) is 22.4. The van der Waals surface area contributed by atoms with Gasteiger partial charge in [-0.3, -0.25) is 9.59 Å². The zero-order valence-electron chi connectivity index (χ0n) is 29.9. The van der Waals surface area contributed by atoms with Gasteiger partial charge in [0, 0.05) is 58.6 Å². The van der Waals surface area contributed by atoms with Gasteiger partial charge in [0.15, 0.2) is 23.4 Å². The molecule has 3 aromatic carbocycles. The Morgan fingerprint density at radius 1 is 1.00 bits per heavy atom. The molecule has 4 aliphatic heterocycles. The molecule has 0 fully saturated rings. The molecule has 0 saturated heterocycles. The second-order valence-electron chi connectivity index (χ2n) is 15.1. The molecule has 0 radical (unpaired) electrons. The summed E-state index contributed by atoms with van der Waals surface area (Å²) in [6, 6.07) is 16.9. The number of hydrogen-bond donors (Lipinski definition) is 4. The highest BCUT2D eigenvalue weighted by molar-refractivity contribution is 6.07. The molecule has 10 rings (SSSR count). The summed E-state index contributed by atoms with van der Waals surface area (Å²) in [5, 5.41) is 11.0. The average Bonchev–Trinajstić information content (AvgIpc) is 3.96. The molecule has 0 aliphatic carbocycles. The van der Waals surface area contributed by atoms with Gasteiger partial charge in [-0.25, -0.2) is 9.97 Å².